The molecular weight excluding hydrogens is 614 g/mol. The Balaban J connectivity index is 1.41. The number of carbonyl (C=O) groups excluding carboxylic acids is 2. The summed E-state index contributed by atoms with van der Waals surface area (Å²) >= 11 is 4.38. The van der Waals surface area contributed by atoms with E-state index in [1.807, 2.05) is 48.5 Å². The second-order valence-corrected chi connectivity index (χ2v) is 8.50. The maximum atomic E-state index is 11.8. The Morgan fingerprint density at radius 1 is 0.700 bits per heavy atom. The fourth-order valence-electron chi connectivity index (χ4n) is 2.28. The standard InChI is InChI=1S/C20H24I2N4O4/c21-15-3-1-5-17(13-15)25-19(27)23-7-9-29-11-12-30-10-8-24-20(28)26-18-6-2-4-16(22)14-18/h1-6,13-14H,7-12H2,(H2,23,25,27)(H2,24,26,28). The van der Waals surface area contributed by atoms with Crippen LogP contribution in [-0.2, 0) is 9.47 Å². The van der Waals surface area contributed by atoms with Gasteiger partial charge in [0.25, 0.3) is 0 Å². The van der Waals surface area contributed by atoms with Gasteiger partial charge in [-0.2, -0.15) is 0 Å². The average Bonchev–Trinajstić information content (AvgIpc) is 2.69. The molecule has 2 rings (SSSR count). The first kappa shape index (κ1) is 24.6. The van der Waals surface area contributed by atoms with E-state index < -0.39 is 0 Å². The van der Waals surface area contributed by atoms with Gasteiger partial charge in [-0.3, -0.25) is 0 Å². The lowest BCUT2D eigenvalue weighted by Gasteiger charge is -2.10. The molecule has 0 radical (unpaired) electrons. The van der Waals surface area contributed by atoms with Gasteiger partial charge in [0.1, 0.15) is 0 Å². The topological polar surface area (TPSA) is 101 Å². The van der Waals surface area contributed by atoms with Crippen LogP contribution >= 0.6 is 45.2 Å². The van der Waals surface area contributed by atoms with E-state index in [4.69, 9.17) is 9.47 Å². The molecule has 4 amide bonds. The molecule has 0 saturated carbocycles. The van der Waals surface area contributed by atoms with Crippen molar-refractivity contribution in [2.24, 2.45) is 0 Å². The zero-order valence-corrected chi connectivity index (χ0v) is 20.6. The summed E-state index contributed by atoms with van der Waals surface area (Å²) in [5.41, 5.74) is 1.49. The van der Waals surface area contributed by atoms with Crippen molar-refractivity contribution in [1.82, 2.24) is 10.6 Å². The molecule has 0 unspecified atom stereocenters. The lowest BCUT2D eigenvalue weighted by molar-refractivity contribution is 0.0512. The molecule has 0 fully saturated rings. The second-order valence-electron chi connectivity index (χ2n) is 6.01. The molecule has 0 spiro atoms. The van der Waals surface area contributed by atoms with Crippen molar-refractivity contribution in [2.75, 3.05) is 50.2 Å². The lowest BCUT2D eigenvalue weighted by atomic mass is 10.3. The van der Waals surface area contributed by atoms with Gasteiger partial charge < -0.3 is 30.7 Å². The van der Waals surface area contributed by atoms with Crippen molar-refractivity contribution in [2.45, 2.75) is 0 Å². The van der Waals surface area contributed by atoms with E-state index >= 15 is 0 Å². The summed E-state index contributed by atoms with van der Waals surface area (Å²) in [6.07, 6.45) is 0. The summed E-state index contributed by atoms with van der Waals surface area (Å²) in [6.45, 7) is 2.40. The first-order valence-corrected chi connectivity index (χ1v) is 11.4. The fraction of sp³-hybridized carbons (Fsp3) is 0.300. The van der Waals surface area contributed by atoms with Gasteiger partial charge in [-0.05, 0) is 81.6 Å². The minimum atomic E-state index is -0.272. The van der Waals surface area contributed by atoms with E-state index in [1.54, 1.807) is 0 Å². The van der Waals surface area contributed by atoms with Crippen molar-refractivity contribution < 1.29 is 19.1 Å². The Kier molecular flexibility index (Phi) is 11.8. The summed E-state index contributed by atoms with van der Waals surface area (Å²) in [6, 6.07) is 14.6. The molecule has 0 atom stereocenters. The van der Waals surface area contributed by atoms with Crippen LogP contribution in [0.5, 0.6) is 0 Å². The number of hydrogen-bond donors (Lipinski definition) is 4. The lowest BCUT2D eigenvalue weighted by Crippen LogP contribution is -2.32. The number of anilines is 2. The highest BCUT2D eigenvalue weighted by Gasteiger charge is 2.02. The van der Waals surface area contributed by atoms with Gasteiger partial charge in [-0.15, -0.1) is 0 Å². The summed E-state index contributed by atoms with van der Waals surface area (Å²) in [7, 11) is 0. The molecule has 8 nitrogen and oxygen atoms in total. The van der Waals surface area contributed by atoms with Crippen molar-refractivity contribution in [3.05, 3.63) is 55.7 Å². The largest absolute Gasteiger partial charge is 0.377 e. The highest BCUT2D eigenvalue weighted by molar-refractivity contribution is 14.1. The zero-order chi connectivity index (χ0) is 21.6. The quantitative estimate of drug-likeness (QED) is 0.222. The Labute approximate surface area is 203 Å². The second kappa shape index (κ2) is 14.4. The molecule has 10 heteroatoms. The Morgan fingerprint density at radius 2 is 1.13 bits per heavy atom. The highest BCUT2D eigenvalue weighted by atomic mass is 127. The molecule has 2 aromatic rings. The highest BCUT2D eigenvalue weighted by Crippen LogP contribution is 2.12. The number of hydrogen-bond acceptors (Lipinski definition) is 4. The molecule has 0 bridgehead atoms. The first-order valence-electron chi connectivity index (χ1n) is 9.29. The van der Waals surface area contributed by atoms with Gasteiger partial charge in [0.15, 0.2) is 0 Å². The van der Waals surface area contributed by atoms with Gasteiger partial charge in [0.2, 0.25) is 0 Å². The maximum absolute atomic E-state index is 11.8. The molecule has 4 N–H and O–H groups in total. The van der Waals surface area contributed by atoms with Crippen LogP contribution in [0.15, 0.2) is 48.5 Å². The minimum absolute atomic E-state index is 0.272. The van der Waals surface area contributed by atoms with E-state index in [0.29, 0.717) is 39.5 Å². The van der Waals surface area contributed by atoms with E-state index in [2.05, 4.69) is 66.4 Å². The predicted molar refractivity (Wildman–Crippen MR) is 134 cm³/mol. The Morgan fingerprint density at radius 3 is 1.53 bits per heavy atom. The molecule has 0 saturated heterocycles. The van der Waals surface area contributed by atoms with Crippen molar-refractivity contribution >= 4 is 68.6 Å². The molecule has 0 heterocycles. The predicted octanol–water partition coefficient (Wildman–Crippen LogP) is 3.87. The molecule has 0 aliphatic heterocycles. The van der Waals surface area contributed by atoms with Crippen LogP contribution in [0.4, 0.5) is 21.0 Å². The summed E-state index contributed by atoms with van der Waals surface area (Å²) < 4.78 is 12.9. The number of carbonyl (C=O) groups is 2. The zero-order valence-electron chi connectivity index (χ0n) is 16.3. The van der Waals surface area contributed by atoms with Crippen molar-refractivity contribution in [3.8, 4) is 0 Å². The third-order valence-electron chi connectivity index (χ3n) is 3.60. The van der Waals surface area contributed by atoms with Gasteiger partial charge in [-0.25, -0.2) is 9.59 Å². The number of rotatable bonds is 11. The molecule has 162 valence electrons. The van der Waals surface area contributed by atoms with Gasteiger partial charge in [-0.1, -0.05) is 12.1 Å². The molecule has 0 aromatic heterocycles. The smallest absolute Gasteiger partial charge is 0.319 e. The van der Waals surface area contributed by atoms with Crippen LogP contribution in [-0.4, -0.2) is 51.6 Å². The van der Waals surface area contributed by atoms with Crippen LogP contribution < -0.4 is 21.3 Å². The number of halogens is 2. The average molecular weight is 638 g/mol. The summed E-state index contributed by atoms with van der Waals surface area (Å²) in [5.74, 6) is 0. The van der Waals surface area contributed by atoms with Crippen LogP contribution in [0.3, 0.4) is 0 Å². The van der Waals surface area contributed by atoms with Crippen molar-refractivity contribution in [1.29, 1.82) is 0 Å². The van der Waals surface area contributed by atoms with E-state index in [-0.39, 0.29) is 12.1 Å². The molecular formula is C20H24I2N4O4. The SMILES string of the molecule is O=C(NCCOCCOCCNC(=O)Nc1cccc(I)c1)Nc1cccc(I)c1. The van der Waals surface area contributed by atoms with Gasteiger partial charge >= 0.3 is 12.1 Å². The summed E-state index contributed by atoms with van der Waals surface area (Å²) in [4.78, 5) is 23.5. The Bertz CT molecular complexity index is 755. The number of amides is 4. The van der Waals surface area contributed by atoms with Crippen LogP contribution in [0.2, 0.25) is 0 Å². The van der Waals surface area contributed by atoms with E-state index in [1.165, 1.54) is 0 Å². The number of urea groups is 2. The molecule has 0 aliphatic carbocycles. The third kappa shape index (κ3) is 10.9. The van der Waals surface area contributed by atoms with E-state index in [9.17, 15) is 9.59 Å². The Hall–Kier alpha value is -1.64. The number of nitrogens with one attached hydrogen (secondary N) is 4. The van der Waals surface area contributed by atoms with Crippen LogP contribution in [0.25, 0.3) is 0 Å². The number of ether oxygens (including phenoxy) is 2. The minimum Gasteiger partial charge on any atom is -0.377 e. The van der Waals surface area contributed by atoms with Crippen LogP contribution in [0.1, 0.15) is 0 Å². The van der Waals surface area contributed by atoms with Crippen molar-refractivity contribution in [3.63, 3.8) is 0 Å². The molecule has 0 aliphatic rings. The van der Waals surface area contributed by atoms with Crippen LogP contribution in [0, 0.1) is 7.14 Å². The monoisotopic (exact) mass is 638 g/mol. The number of benzene rings is 2. The van der Waals surface area contributed by atoms with Gasteiger partial charge in [0.05, 0.1) is 26.4 Å². The maximum Gasteiger partial charge on any atom is 0.319 e. The summed E-state index contributed by atoms with van der Waals surface area (Å²) in [5, 5.41) is 11.0. The fourth-order valence-corrected chi connectivity index (χ4v) is 3.36. The van der Waals surface area contributed by atoms with E-state index in [0.717, 1.165) is 18.5 Å². The first-order chi connectivity index (χ1) is 14.5. The third-order valence-corrected chi connectivity index (χ3v) is 4.94. The van der Waals surface area contributed by atoms with Gasteiger partial charge in [0, 0.05) is 31.6 Å². The molecule has 2 aromatic carbocycles. The normalized spacial score (nSPS) is 10.3. The molecule has 30 heavy (non-hydrogen) atoms.